The molecule has 0 saturated heterocycles. The van der Waals surface area contributed by atoms with Crippen LogP contribution < -0.4 is 5.32 Å². The molecule has 0 spiro atoms. The molecule has 1 heterocycles. The van der Waals surface area contributed by atoms with Crippen molar-refractivity contribution in [1.82, 2.24) is 15.1 Å². The Morgan fingerprint density at radius 3 is 2.75 bits per heavy atom. The van der Waals surface area contributed by atoms with Crippen LogP contribution in [0.25, 0.3) is 0 Å². The van der Waals surface area contributed by atoms with Crippen LogP contribution in [-0.2, 0) is 19.9 Å². The molecule has 0 amide bonds. The monoisotopic (exact) mass is 297 g/mol. The molecule has 1 aromatic heterocycles. The largest absolute Gasteiger partial charge is 0.316 e. The van der Waals surface area contributed by atoms with Gasteiger partial charge in [0.25, 0.3) is 0 Å². The van der Waals surface area contributed by atoms with Crippen molar-refractivity contribution in [3.63, 3.8) is 0 Å². The van der Waals surface area contributed by atoms with E-state index in [1.165, 1.54) is 31.4 Å². The second kappa shape index (κ2) is 6.95. The van der Waals surface area contributed by atoms with Gasteiger partial charge >= 0.3 is 0 Å². The van der Waals surface area contributed by atoms with E-state index in [9.17, 15) is 0 Å². The number of hydrogen-bond donors (Lipinski definition) is 1. The van der Waals surface area contributed by atoms with Crippen LogP contribution >= 0.6 is 11.6 Å². The lowest BCUT2D eigenvalue weighted by atomic mass is 9.77. The van der Waals surface area contributed by atoms with Gasteiger partial charge in [-0.25, -0.2) is 0 Å². The summed E-state index contributed by atoms with van der Waals surface area (Å²) in [6, 6.07) is 0.510. The molecule has 1 aromatic rings. The molecule has 4 heteroatoms. The van der Waals surface area contributed by atoms with Crippen molar-refractivity contribution in [2.75, 3.05) is 7.05 Å². The smallest absolute Gasteiger partial charge is 0.0850 e. The molecule has 3 unspecified atom stereocenters. The quantitative estimate of drug-likeness (QED) is 0.900. The third kappa shape index (κ3) is 3.37. The fourth-order valence-electron chi connectivity index (χ4n) is 3.60. The van der Waals surface area contributed by atoms with E-state index in [1.54, 1.807) is 0 Å². The van der Waals surface area contributed by atoms with Crippen molar-refractivity contribution < 1.29 is 0 Å². The first-order valence-corrected chi connectivity index (χ1v) is 8.32. The minimum Gasteiger partial charge on any atom is -0.316 e. The summed E-state index contributed by atoms with van der Waals surface area (Å²) in [5.74, 6) is 1.62. The highest BCUT2D eigenvalue weighted by Gasteiger charge is 2.27. The molecule has 0 aliphatic heterocycles. The minimum atomic E-state index is 0.510. The Hall–Kier alpha value is -0.540. The van der Waals surface area contributed by atoms with E-state index in [0.29, 0.717) is 6.04 Å². The Balaban J connectivity index is 2.11. The number of nitrogens with zero attached hydrogens (tertiary/aromatic N) is 2. The molecule has 1 saturated carbocycles. The molecular weight excluding hydrogens is 270 g/mol. The van der Waals surface area contributed by atoms with Gasteiger partial charge in [-0.15, -0.1) is 0 Å². The van der Waals surface area contributed by atoms with Gasteiger partial charge in [-0.1, -0.05) is 38.3 Å². The van der Waals surface area contributed by atoms with Crippen LogP contribution in [0.3, 0.4) is 0 Å². The van der Waals surface area contributed by atoms with Crippen LogP contribution in [0.15, 0.2) is 0 Å². The van der Waals surface area contributed by atoms with Gasteiger partial charge in [0.2, 0.25) is 0 Å². The van der Waals surface area contributed by atoms with E-state index in [4.69, 9.17) is 11.6 Å². The lowest BCUT2D eigenvalue weighted by Gasteiger charge is -2.33. The van der Waals surface area contributed by atoms with Crippen molar-refractivity contribution in [3.05, 3.63) is 16.4 Å². The molecule has 0 aromatic carbocycles. The number of rotatable bonds is 5. The van der Waals surface area contributed by atoms with Gasteiger partial charge in [0.1, 0.15) is 0 Å². The number of aromatic nitrogens is 2. The summed E-state index contributed by atoms with van der Waals surface area (Å²) in [6.07, 6.45) is 7.31. The third-order valence-corrected chi connectivity index (χ3v) is 5.27. The lowest BCUT2D eigenvalue weighted by molar-refractivity contribution is 0.226. The van der Waals surface area contributed by atoms with Gasteiger partial charge in [0.05, 0.1) is 16.4 Å². The van der Waals surface area contributed by atoms with Gasteiger partial charge < -0.3 is 5.32 Å². The van der Waals surface area contributed by atoms with Crippen molar-refractivity contribution in [3.8, 4) is 0 Å². The molecule has 0 radical (unpaired) electrons. The highest BCUT2D eigenvalue weighted by molar-refractivity contribution is 6.31. The molecule has 114 valence electrons. The second-order valence-corrected chi connectivity index (χ2v) is 6.69. The minimum absolute atomic E-state index is 0.510. The van der Waals surface area contributed by atoms with Crippen molar-refractivity contribution in [1.29, 1.82) is 0 Å². The summed E-state index contributed by atoms with van der Waals surface area (Å²) in [5, 5.41) is 8.93. The highest BCUT2D eigenvalue weighted by atomic mass is 35.5. The molecular formula is C16H28ClN3. The maximum Gasteiger partial charge on any atom is 0.0850 e. The number of likely N-dealkylation sites (N-methyl/N-ethyl adjacent to an activating group) is 1. The van der Waals surface area contributed by atoms with Crippen LogP contribution in [0.5, 0.6) is 0 Å². The molecule has 3 nitrogen and oxygen atoms in total. The first kappa shape index (κ1) is 15.8. The van der Waals surface area contributed by atoms with E-state index in [1.807, 2.05) is 11.7 Å². The lowest BCUT2D eigenvalue weighted by Crippen LogP contribution is -2.38. The van der Waals surface area contributed by atoms with Gasteiger partial charge in [-0.05, 0) is 38.1 Å². The van der Waals surface area contributed by atoms with Gasteiger partial charge in [0.15, 0.2) is 0 Å². The summed E-state index contributed by atoms with van der Waals surface area (Å²) in [6.45, 7) is 4.49. The van der Waals surface area contributed by atoms with Crippen LogP contribution in [0, 0.1) is 11.8 Å². The maximum atomic E-state index is 6.49. The highest BCUT2D eigenvalue weighted by Crippen LogP contribution is 2.33. The molecule has 2 rings (SSSR count). The molecule has 1 N–H and O–H groups in total. The van der Waals surface area contributed by atoms with E-state index < -0.39 is 0 Å². The molecule has 20 heavy (non-hydrogen) atoms. The predicted molar refractivity (Wildman–Crippen MR) is 85.3 cm³/mol. The summed E-state index contributed by atoms with van der Waals surface area (Å²) in [4.78, 5) is 0. The Morgan fingerprint density at radius 1 is 1.45 bits per heavy atom. The molecule has 1 aliphatic rings. The number of nitrogens with one attached hydrogen (secondary N) is 1. The van der Waals surface area contributed by atoms with E-state index in [0.717, 1.165) is 35.4 Å². The first-order valence-electron chi connectivity index (χ1n) is 7.94. The number of aryl methyl sites for hydroxylation is 2. The average Bonchev–Trinajstić information content (AvgIpc) is 2.71. The first-order chi connectivity index (χ1) is 9.56. The molecule has 1 fully saturated rings. The zero-order valence-electron chi connectivity index (χ0n) is 13.2. The Bertz CT molecular complexity index is 441. The van der Waals surface area contributed by atoms with Gasteiger partial charge in [0, 0.05) is 19.5 Å². The van der Waals surface area contributed by atoms with Gasteiger partial charge in [-0.3, -0.25) is 4.68 Å². The predicted octanol–water partition coefficient (Wildman–Crippen LogP) is 3.59. The normalized spacial score (nSPS) is 24.9. The zero-order chi connectivity index (χ0) is 14.7. The van der Waals surface area contributed by atoms with Gasteiger partial charge in [-0.2, -0.15) is 5.10 Å². The second-order valence-electron chi connectivity index (χ2n) is 6.32. The number of halogens is 1. The average molecular weight is 298 g/mol. The summed E-state index contributed by atoms with van der Waals surface area (Å²) in [5.41, 5.74) is 2.21. The van der Waals surface area contributed by atoms with Crippen LogP contribution in [0.1, 0.15) is 50.9 Å². The molecule has 0 bridgehead atoms. The summed E-state index contributed by atoms with van der Waals surface area (Å²) < 4.78 is 1.97. The van der Waals surface area contributed by atoms with Crippen LogP contribution in [0.2, 0.25) is 5.02 Å². The van der Waals surface area contributed by atoms with Crippen molar-refractivity contribution >= 4 is 11.6 Å². The van der Waals surface area contributed by atoms with Crippen LogP contribution in [0.4, 0.5) is 0 Å². The zero-order valence-corrected chi connectivity index (χ0v) is 14.0. The third-order valence-electron chi connectivity index (χ3n) is 4.83. The Morgan fingerprint density at radius 2 is 2.20 bits per heavy atom. The summed E-state index contributed by atoms with van der Waals surface area (Å²) >= 11 is 6.49. The molecule has 1 aliphatic carbocycles. The molecule has 3 atom stereocenters. The maximum absolute atomic E-state index is 6.49. The van der Waals surface area contributed by atoms with Crippen LogP contribution in [-0.4, -0.2) is 22.9 Å². The Kier molecular flexibility index (Phi) is 5.50. The van der Waals surface area contributed by atoms with E-state index in [-0.39, 0.29) is 0 Å². The SMILES string of the molecule is CCc1nn(C)c(CC(NC)C2CCCC(C)C2)c1Cl. The number of hydrogen-bond acceptors (Lipinski definition) is 2. The Labute approximate surface area is 128 Å². The van der Waals surface area contributed by atoms with E-state index >= 15 is 0 Å². The fourth-order valence-corrected chi connectivity index (χ4v) is 3.97. The topological polar surface area (TPSA) is 29.9 Å². The van der Waals surface area contributed by atoms with Crippen molar-refractivity contribution in [2.24, 2.45) is 18.9 Å². The standard InChI is InChI=1S/C16H28ClN3/c1-5-13-16(17)15(20(4)19-13)10-14(18-3)12-8-6-7-11(2)9-12/h11-12,14,18H,5-10H2,1-4H3. The van der Waals surface area contributed by atoms with Crippen molar-refractivity contribution in [2.45, 2.75) is 58.4 Å². The van der Waals surface area contributed by atoms with E-state index in [2.05, 4.69) is 31.3 Å². The fraction of sp³-hybridized carbons (Fsp3) is 0.812. The summed E-state index contributed by atoms with van der Waals surface area (Å²) in [7, 11) is 4.09.